The molecule has 0 aromatic rings. The second kappa shape index (κ2) is 12.9. The van der Waals surface area contributed by atoms with Gasteiger partial charge in [0, 0.05) is 19.2 Å². The molecule has 27 heavy (non-hydrogen) atoms. The van der Waals surface area contributed by atoms with Crippen molar-refractivity contribution in [2.45, 2.75) is 50.4 Å². The molecule has 1 rings (SSSR count). The summed E-state index contributed by atoms with van der Waals surface area (Å²) in [4.78, 5) is 22.5. The molecular weight excluding hydrogens is 376 g/mol. The van der Waals surface area contributed by atoms with Crippen LogP contribution in [0.15, 0.2) is 0 Å². The number of terminal acetylenes is 1. The highest BCUT2D eigenvalue weighted by atomic mass is 32.2. The Morgan fingerprint density at radius 2 is 2.04 bits per heavy atom. The molecule has 1 aliphatic heterocycles. The summed E-state index contributed by atoms with van der Waals surface area (Å²) in [5.41, 5.74) is 0. The van der Waals surface area contributed by atoms with Crippen molar-refractivity contribution in [1.82, 2.24) is 10.6 Å². The average Bonchev–Trinajstić information content (AvgIpc) is 2.62. The Balaban J connectivity index is 2.30. The first kappa shape index (κ1) is 23.7. The molecule has 2 amide bonds. The van der Waals surface area contributed by atoms with E-state index in [0.29, 0.717) is 19.6 Å². The second-order valence-electron chi connectivity index (χ2n) is 6.00. The Labute approximate surface area is 163 Å². The molecule has 0 spiro atoms. The maximum atomic E-state index is 11.3. The summed E-state index contributed by atoms with van der Waals surface area (Å²) in [5.74, 6) is 3.22. The molecule has 0 bridgehead atoms. The quantitative estimate of drug-likeness (QED) is 0.201. The molecule has 0 radical (unpaired) electrons. The Bertz CT molecular complexity index is 514. The fourth-order valence-electron chi connectivity index (χ4n) is 2.49. The number of rotatable bonds is 11. The van der Waals surface area contributed by atoms with E-state index in [9.17, 15) is 24.9 Å². The Morgan fingerprint density at radius 3 is 2.67 bits per heavy atom. The SMILES string of the molecule is C#CCC(=O)NCCSCCCO[C@H]1O[C@H](CO)[C@H](O)[C@H](O)[C@H]1NC(C)=O. The van der Waals surface area contributed by atoms with Gasteiger partial charge in [0.15, 0.2) is 6.29 Å². The van der Waals surface area contributed by atoms with Crippen LogP contribution in [0.2, 0.25) is 0 Å². The number of thioether (sulfide) groups is 1. The van der Waals surface area contributed by atoms with Crippen LogP contribution in [0.3, 0.4) is 0 Å². The van der Waals surface area contributed by atoms with E-state index in [4.69, 9.17) is 15.9 Å². The zero-order chi connectivity index (χ0) is 20.2. The van der Waals surface area contributed by atoms with Crippen LogP contribution >= 0.6 is 11.8 Å². The number of carbonyl (C=O) groups excluding carboxylic acids is 2. The second-order valence-corrected chi connectivity index (χ2v) is 7.23. The van der Waals surface area contributed by atoms with E-state index < -0.39 is 43.2 Å². The lowest BCUT2D eigenvalue weighted by molar-refractivity contribution is -0.270. The first-order chi connectivity index (χ1) is 12.9. The van der Waals surface area contributed by atoms with Gasteiger partial charge in [0.25, 0.3) is 0 Å². The third-order valence-electron chi connectivity index (χ3n) is 3.80. The van der Waals surface area contributed by atoms with Gasteiger partial charge in [0.05, 0.1) is 19.6 Å². The summed E-state index contributed by atoms with van der Waals surface area (Å²) in [6.45, 7) is 1.64. The van der Waals surface area contributed by atoms with E-state index in [1.54, 1.807) is 11.8 Å². The van der Waals surface area contributed by atoms with Crippen LogP contribution in [0.25, 0.3) is 0 Å². The number of aliphatic hydroxyl groups is 3. The normalized spacial score (nSPS) is 27.6. The van der Waals surface area contributed by atoms with Crippen molar-refractivity contribution >= 4 is 23.6 Å². The third kappa shape index (κ3) is 8.47. The molecule has 1 aliphatic rings. The lowest BCUT2D eigenvalue weighted by atomic mass is 9.97. The van der Waals surface area contributed by atoms with Gasteiger partial charge in [-0.2, -0.15) is 11.8 Å². The van der Waals surface area contributed by atoms with E-state index in [1.807, 2.05) is 0 Å². The van der Waals surface area contributed by atoms with Crippen LogP contribution in [0.1, 0.15) is 19.8 Å². The summed E-state index contributed by atoms with van der Waals surface area (Å²) >= 11 is 1.63. The standard InChI is InChI=1S/C17H28N2O7S/c1-3-5-13(22)18-6-9-27-8-4-7-25-17-14(19-11(2)21)16(24)15(23)12(10-20)26-17/h1,12,14-17,20,23-24H,4-10H2,2H3,(H,18,22)(H,19,21)/t12-,14-,15+,16-,17+/m1/s1. The summed E-state index contributed by atoms with van der Waals surface area (Å²) in [6, 6.07) is -0.931. The van der Waals surface area contributed by atoms with E-state index in [2.05, 4.69) is 16.6 Å². The lowest BCUT2D eigenvalue weighted by Crippen LogP contribution is -2.64. The highest BCUT2D eigenvalue weighted by Gasteiger charge is 2.45. The molecular formula is C17H28N2O7S. The molecule has 1 heterocycles. The lowest BCUT2D eigenvalue weighted by Gasteiger charge is -2.42. The molecule has 0 aromatic carbocycles. The van der Waals surface area contributed by atoms with Gasteiger partial charge in [-0.05, 0) is 12.2 Å². The fourth-order valence-corrected chi connectivity index (χ4v) is 3.27. The molecule has 0 aliphatic carbocycles. The van der Waals surface area contributed by atoms with Crippen molar-refractivity contribution in [2.75, 3.05) is 31.3 Å². The van der Waals surface area contributed by atoms with Crippen LogP contribution < -0.4 is 10.6 Å². The molecule has 0 saturated carbocycles. The van der Waals surface area contributed by atoms with Gasteiger partial charge in [-0.25, -0.2) is 0 Å². The average molecular weight is 404 g/mol. The van der Waals surface area contributed by atoms with Crippen molar-refractivity contribution in [3.63, 3.8) is 0 Å². The molecule has 5 atom stereocenters. The maximum absolute atomic E-state index is 11.3. The number of hydrogen-bond acceptors (Lipinski definition) is 8. The summed E-state index contributed by atoms with van der Waals surface area (Å²) in [6.07, 6.45) is 1.19. The first-order valence-electron chi connectivity index (χ1n) is 8.69. The molecule has 154 valence electrons. The Hall–Kier alpha value is -1.35. The van der Waals surface area contributed by atoms with Crippen molar-refractivity contribution in [3.8, 4) is 12.3 Å². The number of hydrogen-bond donors (Lipinski definition) is 5. The molecule has 1 saturated heterocycles. The monoisotopic (exact) mass is 404 g/mol. The van der Waals surface area contributed by atoms with Crippen LogP contribution in [-0.4, -0.2) is 89.0 Å². The largest absolute Gasteiger partial charge is 0.394 e. The van der Waals surface area contributed by atoms with E-state index in [0.717, 1.165) is 11.5 Å². The third-order valence-corrected chi connectivity index (χ3v) is 4.87. The minimum atomic E-state index is -1.33. The number of ether oxygens (including phenoxy) is 2. The van der Waals surface area contributed by atoms with Crippen molar-refractivity contribution in [2.24, 2.45) is 0 Å². The number of carbonyl (C=O) groups is 2. The number of amides is 2. The first-order valence-corrected chi connectivity index (χ1v) is 9.85. The smallest absolute Gasteiger partial charge is 0.232 e. The van der Waals surface area contributed by atoms with Gasteiger partial charge < -0.3 is 35.4 Å². The van der Waals surface area contributed by atoms with E-state index in [1.165, 1.54) is 6.92 Å². The zero-order valence-corrected chi connectivity index (χ0v) is 16.1. The molecule has 9 nitrogen and oxygen atoms in total. The summed E-state index contributed by atoms with van der Waals surface area (Å²) in [7, 11) is 0. The summed E-state index contributed by atoms with van der Waals surface area (Å²) < 4.78 is 11.1. The van der Waals surface area contributed by atoms with Crippen LogP contribution in [0, 0.1) is 12.3 Å². The van der Waals surface area contributed by atoms with Crippen LogP contribution in [-0.2, 0) is 19.1 Å². The predicted molar refractivity (Wildman–Crippen MR) is 99.7 cm³/mol. The molecule has 0 aromatic heterocycles. The van der Waals surface area contributed by atoms with Crippen molar-refractivity contribution in [1.29, 1.82) is 0 Å². The molecule has 0 unspecified atom stereocenters. The highest BCUT2D eigenvalue weighted by molar-refractivity contribution is 7.99. The van der Waals surface area contributed by atoms with Gasteiger partial charge in [-0.1, -0.05) is 5.92 Å². The van der Waals surface area contributed by atoms with Gasteiger partial charge in [-0.15, -0.1) is 6.42 Å². The zero-order valence-electron chi connectivity index (χ0n) is 15.3. The number of aliphatic hydroxyl groups excluding tert-OH is 3. The maximum Gasteiger partial charge on any atom is 0.232 e. The Morgan fingerprint density at radius 1 is 1.30 bits per heavy atom. The predicted octanol–water partition coefficient (Wildman–Crippen LogP) is -1.79. The fraction of sp³-hybridized carbons (Fsp3) is 0.765. The van der Waals surface area contributed by atoms with Gasteiger partial charge in [0.2, 0.25) is 11.8 Å². The topological polar surface area (TPSA) is 137 Å². The van der Waals surface area contributed by atoms with Gasteiger partial charge in [0.1, 0.15) is 24.4 Å². The minimum Gasteiger partial charge on any atom is -0.394 e. The molecule has 1 fully saturated rings. The van der Waals surface area contributed by atoms with Crippen LogP contribution in [0.4, 0.5) is 0 Å². The minimum absolute atomic E-state index is 0.0741. The van der Waals surface area contributed by atoms with Crippen LogP contribution in [0.5, 0.6) is 0 Å². The Kier molecular flexibility index (Phi) is 11.3. The summed E-state index contributed by atoms with van der Waals surface area (Å²) in [5, 5.41) is 34.5. The van der Waals surface area contributed by atoms with Crippen molar-refractivity contribution < 1.29 is 34.4 Å². The van der Waals surface area contributed by atoms with E-state index in [-0.39, 0.29) is 12.3 Å². The highest BCUT2D eigenvalue weighted by Crippen LogP contribution is 2.22. The van der Waals surface area contributed by atoms with Gasteiger partial charge >= 0.3 is 0 Å². The molecule has 10 heteroatoms. The number of nitrogens with one attached hydrogen (secondary N) is 2. The van der Waals surface area contributed by atoms with Crippen molar-refractivity contribution in [3.05, 3.63) is 0 Å². The van der Waals surface area contributed by atoms with Gasteiger partial charge in [-0.3, -0.25) is 9.59 Å². The molecule has 5 N–H and O–H groups in total. The van der Waals surface area contributed by atoms with E-state index >= 15 is 0 Å².